The van der Waals surface area contributed by atoms with Crippen molar-refractivity contribution in [1.29, 1.82) is 0 Å². The summed E-state index contributed by atoms with van der Waals surface area (Å²) in [5, 5.41) is 9.62. The largest absolute Gasteiger partial charge is 0.479 e. The van der Waals surface area contributed by atoms with Gasteiger partial charge in [0.25, 0.3) is 5.91 Å². The van der Waals surface area contributed by atoms with Crippen molar-refractivity contribution < 1.29 is 19.4 Å². The number of aliphatic carboxylic acids is 1. The van der Waals surface area contributed by atoms with Crippen LogP contribution in [0.4, 0.5) is 0 Å². The number of carbonyl (C=O) groups is 2. The van der Waals surface area contributed by atoms with E-state index >= 15 is 0 Å². The summed E-state index contributed by atoms with van der Waals surface area (Å²) in [6, 6.07) is 7.42. The first-order valence-corrected chi connectivity index (χ1v) is 8.31. The summed E-state index contributed by atoms with van der Waals surface area (Å²) in [7, 11) is 0. The van der Waals surface area contributed by atoms with E-state index in [1.165, 1.54) is 0 Å². The number of halogens is 1. The molecule has 6 heteroatoms. The Kier molecular flexibility index (Phi) is 6.42. The minimum atomic E-state index is -1.01. The Morgan fingerprint density at radius 1 is 1.30 bits per heavy atom. The molecule has 0 bridgehead atoms. The zero-order valence-corrected chi connectivity index (χ0v) is 14.0. The monoisotopic (exact) mass is 339 g/mol. The molecule has 1 N–H and O–H groups in total. The Morgan fingerprint density at radius 2 is 2.00 bits per heavy atom. The maximum atomic E-state index is 12.7. The van der Waals surface area contributed by atoms with Crippen molar-refractivity contribution >= 4 is 23.5 Å². The first-order chi connectivity index (χ1) is 11.0. The highest BCUT2D eigenvalue weighted by molar-refractivity contribution is 6.31. The Hall–Kier alpha value is -1.59. The van der Waals surface area contributed by atoms with E-state index in [4.69, 9.17) is 21.4 Å². The highest BCUT2D eigenvalue weighted by Gasteiger charge is 2.36. The molecule has 5 nitrogen and oxygen atoms in total. The molecule has 1 heterocycles. The van der Waals surface area contributed by atoms with E-state index in [1.54, 1.807) is 11.0 Å². The van der Waals surface area contributed by atoms with Gasteiger partial charge in [-0.1, -0.05) is 43.1 Å². The van der Waals surface area contributed by atoms with Crippen LogP contribution in [-0.2, 0) is 20.9 Å². The Balaban J connectivity index is 2.07. The summed E-state index contributed by atoms with van der Waals surface area (Å²) in [6.07, 6.45) is 1.12. The van der Waals surface area contributed by atoms with Gasteiger partial charge in [0, 0.05) is 18.1 Å². The number of hydrogen-bond acceptors (Lipinski definition) is 3. The van der Waals surface area contributed by atoms with Crippen LogP contribution in [0, 0.1) is 0 Å². The van der Waals surface area contributed by atoms with Gasteiger partial charge in [-0.15, -0.1) is 0 Å². The number of carbonyl (C=O) groups excluding carboxylic acids is 1. The zero-order valence-electron chi connectivity index (χ0n) is 13.2. The third kappa shape index (κ3) is 4.69. The van der Waals surface area contributed by atoms with Gasteiger partial charge in [0.1, 0.15) is 6.10 Å². The van der Waals surface area contributed by atoms with Gasteiger partial charge in [0.2, 0.25) is 0 Å². The van der Waals surface area contributed by atoms with Crippen LogP contribution in [0.5, 0.6) is 0 Å². The topological polar surface area (TPSA) is 66.8 Å². The molecule has 1 fully saturated rings. The molecule has 126 valence electrons. The number of hydrogen-bond donors (Lipinski definition) is 1. The number of rotatable bonds is 7. The Labute approximate surface area is 141 Å². The first kappa shape index (κ1) is 17.8. The molecule has 1 aliphatic rings. The van der Waals surface area contributed by atoms with Crippen molar-refractivity contribution in [1.82, 2.24) is 4.90 Å². The fourth-order valence-corrected chi connectivity index (χ4v) is 2.85. The van der Waals surface area contributed by atoms with Crippen LogP contribution in [0.2, 0.25) is 5.02 Å². The summed E-state index contributed by atoms with van der Waals surface area (Å²) in [4.78, 5) is 25.4. The van der Waals surface area contributed by atoms with Gasteiger partial charge in [-0.3, -0.25) is 4.79 Å². The molecule has 0 spiro atoms. The molecule has 1 aromatic rings. The van der Waals surface area contributed by atoms with Crippen LogP contribution in [-0.4, -0.2) is 40.6 Å². The normalized spacial score (nSPS) is 20.4. The molecular formula is C17H22ClNO4. The fraction of sp³-hybridized carbons (Fsp3) is 0.529. The summed E-state index contributed by atoms with van der Waals surface area (Å²) in [5.41, 5.74) is 0.881. The molecule has 0 saturated carbocycles. The molecule has 0 unspecified atom stereocenters. The number of nitrogens with zero attached hydrogens (tertiary/aromatic N) is 1. The predicted molar refractivity (Wildman–Crippen MR) is 87.3 cm³/mol. The van der Waals surface area contributed by atoms with Crippen molar-refractivity contribution in [2.75, 3.05) is 6.54 Å². The van der Waals surface area contributed by atoms with E-state index in [1.807, 2.05) is 18.2 Å². The standard InChI is InChI=1S/C17H22ClNO4/c1-2-3-10-19(11-12-6-4-5-7-13(12)18)16(20)14-8-9-15(23-14)17(21)22/h4-7,14-15H,2-3,8-11H2,1H3,(H,21,22)/t14-,15+/m0/s1. The van der Waals surface area contributed by atoms with E-state index in [-0.39, 0.29) is 5.91 Å². The molecule has 2 atom stereocenters. The van der Waals surface area contributed by atoms with Crippen LogP contribution in [0.15, 0.2) is 24.3 Å². The van der Waals surface area contributed by atoms with Gasteiger partial charge in [-0.2, -0.15) is 0 Å². The fourth-order valence-electron chi connectivity index (χ4n) is 2.65. The Bertz CT molecular complexity index is 563. The molecular weight excluding hydrogens is 318 g/mol. The molecule has 0 aromatic heterocycles. The van der Waals surface area contributed by atoms with E-state index in [9.17, 15) is 9.59 Å². The maximum Gasteiger partial charge on any atom is 0.332 e. The minimum Gasteiger partial charge on any atom is -0.479 e. The minimum absolute atomic E-state index is 0.151. The molecule has 2 rings (SSSR count). The third-order valence-electron chi connectivity index (χ3n) is 3.98. The van der Waals surface area contributed by atoms with Crippen LogP contribution >= 0.6 is 11.6 Å². The van der Waals surface area contributed by atoms with Crippen LogP contribution < -0.4 is 0 Å². The summed E-state index contributed by atoms with van der Waals surface area (Å²) in [6.45, 7) is 3.08. The molecule has 0 radical (unpaired) electrons. The summed E-state index contributed by atoms with van der Waals surface area (Å²) in [5.74, 6) is -1.16. The maximum absolute atomic E-state index is 12.7. The van der Waals surface area contributed by atoms with Gasteiger partial charge >= 0.3 is 5.97 Å². The summed E-state index contributed by atoms with van der Waals surface area (Å²) < 4.78 is 5.39. The third-order valence-corrected chi connectivity index (χ3v) is 4.35. The zero-order chi connectivity index (χ0) is 16.8. The first-order valence-electron chi connectivity index (χ1n) is 7.93. The second-order valence-corrected chi connectivity index (χ2v) is 6.14. The molecule has 1 saturated heterocycles. The molecule has 23 heavy (non-hydrogen) atoms. The quantitative estimate of drug-likeness (QED) is 0.829. The average molecular weight is 340 g/mol. The lowest BCUT2D eigenvalue weighted by molar-refractivity contribution is -0.155. The number of benzene rings is 1. The van der Waals surface area contributed by atoms with Gasteiger partial charge in [-0.05, 0) is 30.9 Å². The van der Waals surface area contributed by atoms with Gasteiger partial charge in [0.05, 0.1) is 0 Å². The van der Waals surface area contributed by atoms with Gasteiger partial charge in [-0.25, -0.2) is 4.79 Å². The molecule has 0 aliphatic carbocycles. The van der Waals surface area contributed by atoms with E-state index in [0.29, 0.717) is 31.0 Å². The molecule has 1 amide bonds. The SMILES string of the molecule is CCCCN(Cc1ccccc1Cl)C(=O)[C@@H]1CC[C@H](C(=O)O)O1. The summed E-state index contributed by atoms with van der Waals surface area (Å²) >= 11 is 6.18. The predicted octanol–water partition coefficient (Wildman–Crippen LogP) is 3.10. The van der Waals surface area contributed by atoms with E-state index in [0.717, 1.165) is 18.4 Å². The lowest BCUT2D eigenvalue weighted by Gasteiger charge is -2.26. The smallest absolute Gasteiger partial charge is 0.332 e. The lowest BCUT2D eigenvalue weighted by atomic mass is 10.1. The lowest BCUT2D eigenvalue weighted by Crippen LogP contribution is -2.40. The highest BCUT2D eigenvalue weighted by Crippen LogP contribution is 2.24. The van der Waals surface area contributed by atoms with Crippen LogP contribution in [0.25, 0.3) is 0 Å². The average Bonchev–Trinajstić information content (AvgIpc) is 3.02. The van der Waals surface area contributed by atoms with Crippen LogP contribution in [0.3, 0.4) is 0 Å². The molecule has 1 aliphatic heterocycles. The van der Waals surface area contributed by atoms with Crippen molar-refractivity contribution in [3.8, 4) is 0 Å². The Morgan fingerprint density at radius 3 is 2.61 bits per heavy atom. The van der Waals surface area contributed by atoms with E-state index in [2.05, 4.69) is 6.92 Å². The van der Waals surface area contributed by atoms with Crippen molar-refractivity contribution in [3.05, 3.63) is 34.9 Å². The number of amides is 1. The molecule has 1 aromatic carbocycles. The van der Waals surface area contributed by atoms with Crippen molar-refractivity contribution in [3.63, 3.8) is 0 Å². The van der Waals surface area contributed by atoms with Crippen molar-refractivity contribution in [2.24, 2.45) is 0 Å². The van der Waals surface area contributed by atoms with E-state index < -0.39 is 18.2 Å². The van der Waals surface area contributed by atoms with Gasteiger partial charge < -0.3 is 14.7 Å². The second kappa shape index (κ2) is 8.31. The highest BCUT2D eigenvalue weighted by atomic mass is 35.5. The van der Waals surface area contributed by atoms with Gasteiger partial charge in [0.15, 0.2) is 6.10 Å². The number of ether oxygens (including phenoxy) is 1. The van der Waals surface area contributed by atoms with Crippen molar-refractivity contribution in [2.45, 2.75) is 51.4 Å². The second-order valence-electron chi connectivity index (χ2n) is 5.73. The number of unbranched alkanes of at least 4 members (excludes halogenated alkanes) is 1. The number of carboxylic acid groups (broad SMARTS) is 1. The number of carboxylic acids is 1. The van der Waals surface area contributed by atoms with Crippen LogP contribution in [0.1, 0.15) is 38.2 Å².